The van der Waals surface area contributed by atoms with E-state index in [1.165, 1.54) is 161 Å². The lowest BCUT2D eigenvalue weighted by molar-refractivity contribution is -0.161. The number of hydrogen-bond donors (Lipinski definition) is 3. The average Bonchev–Trinajstić information content (AvgIpc) is 3.56. The van der Waals surface area contributed by atoms with E-state index in [9.17, 15) is 43.2 Å². The second-order valence-electron chi connectivity index (χ2n) is 25.9. The van der Waals surface area contributed by atoms with Crippen LogP contribution in [0.15, 0.2) is 0 Å². The van der Waals surface area contributed by atoms with Crippen molar-refractivity contribution >= 4 is 39.5 Å². The van der Waals surface area contributed by atoms with E-state index in [1.807, 2.05) is 0 Å². The molecule has 0 spiro atoms. The highest BCUT2D eigenvalue weighted by Crippen LogP contribution is 2.45. The van der Waals surface area contributed by atoms with E-state index in [-0.39, 0.29) is 25.7 Å². The Morgan fingerprint density at radius 2 is 0.523 bits per heavy atom. The van der Waals surface area contributed by atoms with Crippen LogP contribution in [0.5, 0.6) is 0 Å². The third kappa shape index (κ3) is 62.8. The summed E-state index contributed by atoms with van der Waals surface area (Å²) in [6.45, 7) is 9.49. The minimum absolute atomic E-state index is 0.106. The first-order valence-corrected chi connectivity index (χ1v) is 39.0. The minimum atomic E-state index is -4.95. The van der Waals surface area contributed by atoms with Crippen molar-refractivity contribution in [1.82, 2.24) is 0 Å². The highest BCUT2D eigenvalue weighted by atomic mass is 31.2. The van der Waals surface area contributed by atoms with Crippen LogP contribution in [0.25, 0.3) is 0 Å². The predicted molar refractivity (Wildman–Crippen MR) is 354 cm³/mol. The molecule has 0 fully saturated rings. The summed E-state index contributed by atoms with van der Waals surface area (Å²) in [5.41, 5.74) is 0. The summed E-state index contributed by atoms with van der Waals surface area (Å²) in [5, 5.41) is 10.6. The molecule has 0 aromatic carbocycles. The molecule has 0 aliphatic carbocycles. The molecule has 3 N–H and O–H groups in total. The topological polar surface area (TPSA) is 237 Å². The lowest BCUT2D eigenvalue weighted by Crippen LogP contribution is -2.30. The van der Waals surface area contributed by atoms with Crippen LogP contribution < -0.4 is 0 Å². The maximum Gasteiger partial charge on any atom is 0.472 e. The van der Waals surface area contributed by atoms with Crippen LogP contribution >= 0.6 is 15.6 Å². The molecule has 0 radical (unpaired) electrons. The van der Waals surface area contributed by atoms with Crippen molar-refractivity contribution in [2.75, 3.05) is 39.6 Å². The van der Waals surface area contributed by atoms with E-state index in [0.717, 1.165) is 102 Å². The third-order valence-electron chi connectivity index (χ3n) is 16.0. The van der Waals surface area contributed by atoms with Gasteiger partial charge in [0.25, 0.3) is 0 Å². The van der Waals surface area contributed by atoms with E-state index < -0.39 is 97.5 Å². The normalized spacial score (nSPS) is 14.2. The summed E-state index contributed by atoms with van der Waals surface area (Å²) in [5.74, 6) is -0.633. The third-order valence-corrected chi connectivity index (χ3v) is 17.9. The molecule has 0 amide bonds. The molecule has 88 heavy (non-hydrogen) atoms. The molecule has 522 valence electrons. The second-order valence-corrected chi connectivity index (χ2v) is 28.8. The fourth-order valence-electron chi connectivity index (χ4n) is 10.4. The second kappa shape index (κ2) is 61.3. The zero-order valence-corrected chi connectivity index (χ0v) is 58.8. The van der Waals surface area contributed by atoms with Gasteiger partial charge in [0, 0.05) is 25.7 Å². The summed E-state index contributed by atoms with van der Waals surface area (Å²) in [4.78, 5) is 72.4. The van der Waals surface area contributed by atoms with Crippen molar-refractivity contribution in [3.8, 4) is 0 Å². The van der Waals surface area contributed by atoms with Gasteiger partial charge >= 0.3 is 39.5 Å². The molecule has 19 heteroatoms. The quantitative estimate of drug-likeness (QED) is 0.0222. The summed E-state index contributed by atoms with van der Waals surface area (Å²) in [6.07, 6.45) is 45.8. The summed E-state index contributed by atoms with van der Waals surface area (Å²) >= 11 is 0. The van der Waals surface area contributed by atoms with Crippen LogP contribution in [0.1, 0.15) is 350 Å². The number of hydrogen-bond acceptors (Lipinski definition) is 15. The Balaban J connectivity index is 5.23. The molecule has 0 rings (SSSR count). The van der Waals surface area contributed by atoms with E-state index >= 15 is 0 Å². The van der Waals surface area contributed by atoms with Gasteiger partial charge < -0.3 is 33.8 Å². The number of aliphatic hydroxyl groups excluding tert-OH is 1. The first-order valence-electron chi connectivity index (χ1n) is 36.0. The van der Waals surface area contributed by atoms with Gasteiger partial charge in [0.1, 0.15) is 19.3 Å². The van der Waals surface area contributed by atoms with Crippen LogP contribution in [-0.2, 0) is 65.4 Å². The Bertz CT molecular complexity index is 1720. The lowest BCUT2D eigenvalue weighted by Gasteiger charge is -2.21. The number of aliphatic hydroxyl groups is 1. The largest absolute Gasteiger partial charge is 0.472 e. The van der Waals surface area contributed by atoms with Gasteiger partial charge in [-0.15, -0.1) is 0 Å². The Kier molecular flexibility index (Phi) is 59.9. The van der Waals surface area contributed by atoms with Gasteiger partial charge in [-0.1, -0.05) is 298 Å². The summed E-state index contributed by atoms with van der Waals surface area (Å²) in [6, 6.07) is 0. The number of rotatable bonds is 68. The molecule has 0 aliphatic rings. The monoisotopic (exact) mass is 1300 g/mol. The highest BCUT2D eigenvalue weighted by Gasteiger charge is 2.30. The molecular formula is C69H134O17P2. The van der Waals surface area contributed by atoms with Gasteiger partial charge in [0.05, 0.1) is 26.4 Å². The number of carbonyl (C=O) groups excluding carboxylic acids is 4. The molecule has 0 aromatic heterocycles. The van der Waals surface area contributed by atoms with E-state index in [2.05, 4.69) is 41.5 Å². The van der Waals surface area contributed by atoms with Gasteiger partial charge in [-0.05, 0) is 37.5 Å². The van der Waals surface area contributed by atoms with Crippen LogP contribution in [0.3, 0.4) is 0 Å². The number of phosphoric acid groups is 2. The first-order chi connectivity index (χ1) is 42.4. The first kappa shape index (κ1) is 86.1. The van der Waals surface area contributed by atoms with Crippen molar-refractivity contribution < 1.29 is 80.2 Å². The maximum atomic E-state index is 13.0. The number of unbranched alkanes of at least 4 members (excludes halogenated alkanes) is 38. The molecule has 0 aromatic rings. The van der Waals surface area contributed by atoms with Crippen molar-refractivity contribution in [3.05, 3.63) is 0 Å². The molecule has 0 saturated carbocycles. The van der Waals surface area contributed by atoms with Gasteiger partial charge in [0.15, 0.2) is 12.2 Å². The van der Waals surface area contributed by atoms with Crippen molar-refractivity contribution in [1.29, 1.82) is 0 Å². The molecular weight excluding hydrogens is 1160 g/mol. The standard InChI is InChI=1S/C69H134O17P2/c1-7-9-11-13-15-17-22-27-33-39-45-51-66(71)79-57-64(85-69(74)54-48-42-35-29-25-21-19-20-24-26-31-37-43-49-61(3)4)59-83-87(75,76)81-55-63(70)56-82-88(77,78)84-60-65(58-80-67(72)52-46-40-36-30-32-38-44-50-62(5)6)86-68(73)53-47-41-34-28-23-18-16-14-12-10-8-2/h61-65,70H,7-60H2,1-6H3,(H,75,76)(H,77,78)/t63-,64-,65-/m1/s1. The van der Waals surface area contributed by atoms with Gasteiger partial charge in [-0.3, -0.25) is 37.3 Å². The predicted octanol–water partition coefficient (Wildman–Crippen LogP) is 19.6. The highest BCUT2D eigenvalue weighted by molar-refractivity contribution is 7.47. The lowest BCUT2D eigenvalue weighted by atomic mass is 10.0. The van der Waals surface area contributed by atoms with E-state index in [1.54, 1.807) is 0 Å². The number of esters is 4. The summed E-state index contributed by atoms with van der Waals surface area (Å²) < 4.78 is 68.2. The Hall–Kier alpha value is -1.94. The van der Waals surface area contributed by atoms with Crippen LogP contribution in [-0.4, -0.2) is 96.7 Å². The fraction of sp³-hybridized carbons (Fsp3) is 0.942. The molecule has 0 saturated heterocycles. The van der Waals surface area contributed by atoms with Crippen molar-refractivity contribution in [3.63, 3.8) is 0 Å². The van der Waals surface area contributed by atoms with E-state index in [4.69, 9.17) is 37.0 Å². The SMILES string of the molecule is CCCCCCCCCCCCCC(=O)OC[C@H](COP(=O)(O)OC[C@@H](O)COP(=O)(O)OC[C@@H](COC(=O)CCCCCCCCCC(C)C)OC(=O)CCCCCCCCCCCCC)OC(=O)CCCCCCCCCCCCCCCC(C)C. The number of phosphoric ester groups is 2. The van der Waals surface area contributed by atoms with Crippen molar-refractivity contribution in [2.24, 2.45) is 11.8 Å². The Morgan fingerprint density at radius 1 is 0.307 bits per heavy atom. The maximum absolute atomic E-state index is 13.0. The van der Waals surface area contributed by atoms with Crippen LogP contribution in [0, 0.1) is 11.8 Å². The molecule has 17 nitrogen and oxygen atoms in total. The minimum Gasteiger partial charge on any atom is -0.462 e. The summed E-state index contributed by atoms with van der Waals surface area (Å²) in [7, 11) is -9.90. The molecule has 0 heterocycles. The van der Waals surface area contributed by atoms with Crippen LogP contribution in [0.2, 0.25) is 0 Å². The molecule has 0 aliphatic heterocycles. The van der Waals surface area contributed by atoms with Gasteiger partial charge in [0.2, 0.25) is 0 Å². The van der Waals surface area contributed by atoms with Crippen molar-refractivity contribution in [2.45, 2.75) is 368 Å². The Morgan fingerprint density at radius 3 is 0.773 bits per heavy atom. The van der Waals surface area contributed by atoms with E-state index in [0.29, 0.717) is 31.6 Å². The van der Waals surface area contributed by atoms with Crippen LogP contribution in [0.4, 0.5) is 0 Å². The Labute approximate surface area is 537 Å². The molecule has 2 unspecified atom stereocenters. The fourth-order valence-corrected chi connectivity index (χ4v) is 12.0. The average molecular weight is 1300 g/mol. The zero-order chi connectivity index (χ0) is 65.0. The van der Waals surface area contributed by atoms with Gasteiger partial charge in [-0.25, -0.2) is 9.13 Å². The zero-order valence-electron chi connectivity index (χ0n) is 57.0. The van der Waals surface area contributed by atoms with Gasteiger partial charge in [-0.2, -0.15) is 0 Å². The molecule has 5 atom stereocenters. The number of carbonyl (C=O) groups is 4. The number of ether oxygens (including phenoxy) is 4. The molecule has 0 bridgehead atoms. The smallest absolute Gasteiger partial charge is 0.462 e.